The maximum atomic E-state index is 6.69. The van der Waals surface area contributed by atoms with Gasteiger partial charge >= 0.3 is 0 Å². The fourth-order valence-electron chi connectivity index (χ4n) is 7.09. The summed E-state index contributed by atoms with van der Waals surface area (Å²) < 4.78 is 15.5. The normalized spacial score (nSPS) is 11.5. The minimum absolute atomic E-state index is 0.412. The van der Waals surface area contributed by atoms with Gasteiger partial charge in [-0.2, -0.15) is 0 Å². The predicted octanol–water partition coefficient (Wildman–Crippen LogP) is 11.7. The maximum absolute atomic E-state index is 6.69. The van der Waals surface area contributed by atoms with E-state index in [1.165, 1.54) is 21.9 Å². The summed E-state index contributed by atoms with van der Waals surface area (Å²) in [6.45, 7) is 9.04. The average Bonchev–Trinajstić information content (AvgIpc) is 3.50. The van der Waals surface area contributed by atoms with Gasteiger partial charge < -0.3 is 9.47 Å². The number of rotatable bonds is 11. The molecule has 8 aromatic rings. The van der Waals surface area contributed by atoms with Gasteiger partial charge in [-0.1, -0.05) is 64.1 Å². The monoisotopic (exact) mass is 695 g/mol. The lowest BCUT2D eigenvalue weighted by Gasteiger charge is -2.15. The van der Waals surface area contributed by atoms with Crippen LogP contribution in [0.15, 0.2) is 140 Å². The Bertz CT molecular complexity index is 2360. The fraction of sp³-hybridized carbons (Fsp3) is 0.174. The molecule has 4 aromatic heterocycles. The van der Waals surface area contributed by atoms with Gasteiger partial charge in [-0.25, -0.2) is 9.97 Å². The molecule has 8 rings (SSSR count). The summed E-state index contributed by atoms with van der Waals surface area (Å²) in [5, 5.41) is 2.38. The summed E-state index contributed by atoms with van der Waals surface area (Å²) in [7, 11) is 0. The van der Waals surface area contributed by atoms with Crippen molar-refractivity contribution in [3.8, 4) is 51.5 Å². The van der Waals surface area contributed by atoms with Crippen molar-refractivity contribution in [3.05, 3.63) is 151 Å². The van der Waals surface area contributed by atoms with Gasteiger partial charge in [-0.05, 0) is 103 Å². The standard InChI is InChI=1S/C46H41N5O2/c1-30(2)22-34-26-38(52-36-14-9-12-32(24-36)40-16-5-7-18-47-40)28-42-44(34)45-35(23-31(3)4)27-39(29-43(45)51(42)46-49-20-11-21-50-46)53-37-15-10-13-33(25-37)41-17-6-8-19-48-41/h5-21,24-31H,22-23H2,1-4H3. The third-order valence-corrected chi connectivity index (χ3v) is 9.15. The van der Waals surface area contributed by atoms with Crippen LogP contribution < -0.4 is 9.47 Å². The largest absolute Gasteiger partial charge is 0.457 e. The van der Waals surface area contributed by atoms with E-state index in [4.69, 9.17) is 19.4 Å². The van der Waals surface area contributed by atoms with Crippen molar-refractivity contribution < 1.29 is 9.47 Å². The molecule has 7 heteroatoms. The van der Waals surface area contributed by atoms with Crippen molar-refractivity contribution in [2.75, 3.05) is 0 Å². The first kappa shape index (κ1) is 33.8. The smallest absolute Gasteiger partial charge is 0.234 e. The minimum atomic E-state index is 0.412. The molecule has 0 saturated heterocycles. The highest BCUT2D eigenvalue weighted by atomic mass is 16.5. The molecule has 53 heavy (non-hydrogen) atoms. The molecule has 7 nitrogen and oxygen atoms in total. The Morgan fingerprint density at radius 2 is 0.943 bits per heavy atom. The lowest BCUT2D eigenvalue weighted by Crippen LogP contribution is -2.01. The second-order valence-corrected chi connectivity index (χ2v) is 14.2. The SMILES string of the molecule is CC(C)Cc1cc(Oc2cccc(-c3ccccn3)c2)cc2c1c1c(CC(C)C)cc(Oc3cccc(-c4ccccn4)c3)cc1n2-c1ncccn1. The lowest BCUT2D eigenvalue weighted by atomic mass is 9.93. The van der Waals surface area contributed by atoms with Crippen LogP contribution in [0.2, 0.25) is 0 Å². The molecular weight excluding hydrogens is 655 g/mol. The summed E-state index contributed by atoms with van der Waals surface area (Å²) in [5.41, 5.74) is 8.19. The zero-order chi connectivity index (χ0) is 36.3. The van der Waals surface area contributed by atoms with E-state index in [9.17, 15) is 0 Å². The van der Waals surface area contributed by atoms with Crippen LogP contribution in [0.3, 0.4) is 0 Å². The van der Waals surface area contributed by atoms with Crippen LogP contribution in [0.25, 0.3) is 50.3 Å². The molecule has 0 amide bonds. The Morgan fingerprint density at radius 3 is 1.38 bits per heavy atom. The van der Waals surface area contributed by atoms with Gasteiger partial charge in [0.05, 0.1) is 22.4 Å². The van der Waals surface area contributed by atoms with Gasteiger partial charge in [-0.3, -0.25) is 14.5 Å². The van der Waals surface area contributed by atoms with Crippen LogP contribution in [0.1, 0.15) is 38.8 Å². The number of hydrogen-bond acceptors (Lipinski definition) is 6. The minimum Gasteiger partial charge on any atom is -0.457 e. The van der Waals surface area contributed by atoms with Gasteiger partial charge in [0.25, 0.3) is 0 Å². The van der Waals surface area contributed by atoms with Gasteiger partial charge in [0.15, 0.2) is 0 Å². The van der Waals surface area contributed by atoms with E-state index in [0.29, 0.717) is 17.8 Å². The number of nitrogens with zero attached hydrogens (tertiary/aromatic N) is 5. The second kappa shape index (κ2) is 14.7. The lowest BCUT2D eigenvalue weighted by molar-refractivity contribution is 0.482. The quantitative estimate of drug-likeness (QED) is 0.134. The first-order valence-corrected chi connectivity index (χ1v) is 18.2. The molecule has 0 N–H and O–H groups in total. The zero-order valence-corrected chi connectivity index (χ0v) is 30.4. The molecular formula is C46H41N5O2. The van der Waals surface area contributed by atoms with Gasteiger partial charge in [-0.15, -0.1) is 0 Å². The Labute approximate surface area is 310 Å². The van der Waals surface area contributed by atoms with Crippen LogP contribution in [-0.4, -0.2) is 24.5 Å². The van der Waals surface area contributed by atoms with E-state index < -0.39 is 0 Å². The highest BCUT2D eigenvalue weighted by Gasteiger charge is 2.23. The van der Waals surface area contributed by atoms with Crippen LogP contribution in [0.5, 0.6) is 23.0 Å². The average molecular weight is 696 g/mol. The second-order valence-electron chi connectivity index (χ2n) is 14.2. The number of pyridine rings is 2. The zero-order valence-electron chi connectivity index (χ0n) is 30.4. The van der Waals surface area contributed by atoms with Gasteiger partial charge in [0.2, 0.25) is 5.95 Å². The molecule has 0 aliphatic carbocycles. The van der Waals surface area contributed by atoms with E-state index in [0.717, 1.165) is 69.4 Å². The highest BCUT2D eigenvalue weighted by molar-refractivity contribution is 6.13. The van der Waals surface area contributed by atoms with E-state index in [2.05, 4.69) is 78.6 Å². The molecule has 0 saturated carbocycles. The van der Waals surface area contributed by atoms with E-state index in [-0.39, 0.29) is 0 Å². The Balaban J connectivity index is 1.32. The van der Waals surface area contributed by atoms with Crippen molar-refractivity contribution in [2.45, 2.75) is 40.5 Å². The Hall–Kier alpha value is -6.34. The molecule has 262 valence electrons. The van der Waals surface area contributed by atoms with Gasteiger partial charge in [0, 0.05) is 58.8 Å². The van der Waals surface area contributed by atoms with Crippen LogP contribution >= 0.6 is 0 Å². The number of hydrogen-bond donors (Lipinski definition) is 0. The van der Waals surface area contributed by atoms with E-state index >= 15 is 0 Å². The molecule has 0 spiro atoms. The summed E-state index contributed by atoms with van der Waals surface area (Å²) in [6, 6.07) is 38.5. The predicted molar refractivity (Wildman–Crippen MR) is 213 cm³/mol. The van der Waals surface area contributed by atoms with Crippen LogP contribution in [0, 0.1) is 11.8 Å². The number of benzene rings is 4. The van der Waals surface area contributed by atoms with E-state index in [1.807, 2.05) is 91.3 Å². The molecule has 0 aliphatic heterocycles. The first-order chi connectivity index (χ1) is 25.9. The molecule has 0 atom stereocenters. The summed E-state index contributed by atoms with van der Waals surface area (Å²) in [5.74, 6) is 4.39. The molecule has 0 fully saturated rings. The van der Waals surface area contributed by atoms with Crippen molar-refractivity contribution in [3.63, 3.8) is 0 Å². The number of ether oxygens (including phenoxy) is 2. The molecule has 0 bridgehead atoms. The summed E-state index contributed by atoms with van der Waals surface area (Å²) >= 11 is 0. The number of fused-ring (bicyclic) bond motifs is 3. The van der Waals surface area contributed by atoms with Crippen LogP contribution in [-0.2, 0) is 12.8 Å². The Morgan fingerprint density at radius 1 is 0.472 bits per heavy atom. The fourth-order valence-corrected chi connectivity index (χ4v) is 7.09. The summed E-state index contributed by atoms with van der Waals surface area (Å²) in [6.07, 6.45) is 8.94. The topological polar surface area (TPSA) is 75.0 Å². The third-order valence-electron chi connectivity index (χ3n) is 9.15. The van der Waals surface area contributed by atoms with Gasteiger partial charge in [0.1, 0.15) is 23.0 Å². The maximum Gasteiger partial charge on any atom is 0.234 e. The van der Waals surface area contributed by atoms with Crippen molar-refractivity contribution in [1.29, 1.82) is 0 Å². The van der Waals surface area contributed by atoms with E-state index in [1.54, 1.807) is 12.4 Å². The molecule has 0 aliphatic rings. The molecule has 4 aromatic carbocycles. The molecule has 0 unspecified atom stereocenters. The van der Waals surface area contributed by atoms with Crippen molar-refractivity contribution >= 4 is 21.8 Å². The van der Waals surface area contributed by atoms with Crippen LogP contribution in [0.4, 0.5) is 0 Å². The first-order valence-electron chi connectivity index (χ1n) is 18.2. The molecule has 0 radical (unpaired) electrons. The summed E-state index contributed by atoms with van der Waals surface area (Å²) in [4.78, 5) is 18.7. The highest BCUT2D eigenvalue weighted by Crippen LogP contribution is 2.43. The molecule has 4 heterocycles. The Kier molecular flexibility index (Phi) is 9.38. The van der Waals surface area contributed by atoms with Crippen molar-refractivity contribution in [1.82, 2.24) is 24.5 Å². The third kappa shape index (κ3) is 7.24. The number of aromatic nitrogens is 5. The van der Waals surface area contributed by atoms with Crippen molar-refractivity contribution in [2.24, 2.45) is 11.8 Å².